The molecule has 0 unspecified atom stereocenters. The van der Waals surface area contributed by atoms with E-state index in [2.05, 4.69) is 0 Å². The van der Waals surface area contributed by atoms with Crippen molar-refractivity contribution in [2.24, 2.45) is 5.41 Å². The zero-order chi connectivity index (χ0) is 19.7. The van der Waals surface area contributed by atoms with Crippen LogP contribution in [-0.2, 0) is 19.1 Å². The number of esters is 2. The van der Waals surface area contributed by atoms with Gasteiger partial charge in [-0.1, -0.05) is 57.8 Å². The lowest BCUT2D eigenvalue weighted by atomic mass is 9.74. The van der Waals surface area contributed by atoms with Gasteiger partial charge in [0.1, 0.15) is 12.2 Å². The van der Waals surface area contributed by atoms with Crippen LogP contribution in [0.25, 0.3) is 0 Å². The van der Waals surface area contributed by atoms with Crippen LogP contribution in [0.3, 0.4) is 0 Å². The number of carbonyl (C=O) groups is 2. The predicted molar refractivity (Wildman–Crippen MR) is 110 cm³/mol. The van der Waals surface area contributed by atoms with Gasteiger partial charge in [-0.2, -0.15) is 0 Å². The Labute approximate surface area is 171 Å². The second-order valence-corrected chi connectivity index (χ2v) is 9.39. The summed E-state index contributed by atoms with van der Waals surface area (Å²) in [5.41, 5.74) is -1.04. The molecule has 3 aliphatic rings. The first-order valence-corrected chi connectivity index (χ1v) is 12.1. The number of hydrogen-bond acceptors (Lipinski definition) is 4. The molecule has 0 aromatic carbocycles. The number of carbonyl (C=O) groups excluding carboxylic acids is 2. The maximum Gasteiger partial charge on any atom is 0.323 e. The zero-order valence-corrected chi connectivity index (χ0v) is 17.7. The summed E-state index contributed by atoms with van der Waals surface area (Å²) >= 11 is 0. The molecular formula is C24H40O4. The monoisotopic (exact) mass is 392 g/mol. The van der Waals surface area contributed by atoms with Crippen molar-refractivity contribution in [3.63, 3.8) is 0 Å². The summed E-state index contributed by atoms with van der Waals surface area (Å²) in [5.74, 6) is -0.567. The number of rotatable bonds is 4. The van der Waals surface area contributed by atoms with Gasteiger partial charge in [-0.15, -0.1) is 0 Å². The Hall–Kier alpha value is -1.06. The van der Waals surface area contributed by atoms with Gasteiger partial charge in [0.05, 0.1) is 0 Å². The largest absolute Gasteiger partial charge is 0.462 e. The molecule has 0 aliphatic heterocycles. The van der Waals surface area contributed by atoms with Crippen LogP contribution in [0.4, 0.5) is 0 Å². The highest BCUT2D eigenvalue weighted by Gasteiger charge is 2.50. The van der Waals surface area contributed by atoms with Crippen molar-refractivity contribution in [3.05, 3.63) is 0 Å². The lowest BCUT2D eigenvalue weighted by Crippen LogP contribution is -2.46. The van der Waals surface area contributed by atoms with Crippen LogP contribution in [0.2, 0.25) is 0 Å². The normalized spacial score (nSPS) is 25.6. The molecule has 4 nitrogen and oxygen atoms in total. The second-order valence-electron chi connectivity index (χ2n) is 9.39. The van der Waals surface area contributed by atoms with Gasteiger partial charge in [0, 0.05) is 0 Å². The highest BCUT2D eigenvalue weighted by atomic mass is 16.6. The Morgan fingerprint density at radius 1 is 0.500 bits per heavy atom. The first kappa shape index (κ1) is 21.6. The topological polar surface area (TPSA) is 52.6 Å². The molecule has 3 rings (SSSR count). The van der Waals surface area contributed by atoms with E-state index < -0.39 is 5.41 Å². The van der Waals surface area contributed by atoms with Gasteiger partial charge in [0.15, 0.2) is 5.41 Å². The smallest absolute Gasteiger partial charge is 0.323 e. The van der Waals surface area contributed by atoms with Crippen molar-refractivity contribution >= 4 is 11.9 Å². The molecule has 3 fully saturated rings. The van der Waals surface area contributed by atoms with E-state index in [4.69, 9.17) is 9.47 Å². The molecular weight excluding hydrogens is 352 g/mol. The summed E-state index contributed by atoms with van der Waals surface area (Å²) in [4.78, 5) is 26.5. The number of ether oxygens (including phenoxy) is 2. The van der Waals surface area contributed by atoms with E-state index >= 15 is 0 Å². The molecule has 3 saturated carbocycles. The molecule has 160 valence electrons. The molecule has 0 spiro atoms. The summed E-state index contributed by atoms with van der Waals surface area (Å²) in [6.07, 6.45) is 19.8. The molecule has 0 N–H and O–H groups in total. The standard InChI is InChI=1S/C24H40O4/c25-22(27-20-14-8-3-1-4-9-15-20)24(18-12-7-13-19-24)23(26)28-21-16-10-5-2-6-11-17-21/h20-21H,1-19H2. The first-order valence-electron chi connectivity index (χ1n) is 12.1. The third kappa shape index (κ3) is 5.97. The maximum atomic E-state index is 13.3. The van der Waals surface area contributed by atoms with E-state index in [1.165, 1.54) is 38.5 Å². The van der Waals surface area contributed by atoms with Crippen molar-refractivity contribution in [1.29, 1.82) is 0 Å². The molecule has 0 aromatic rings. The number of hydrogen-bond donors (Lipinski definition) is 0. The Kier molecular flexibility index (Phi) is 8.66. The molecule has 0 bridgehead atoms. The van der Waals surface area contributed by atoms with Gasteiger partial charge >= 0.3 is 11.9 Å². The molecule has 0 aromatic heterocycles. The lowest BCUT2D eigenvalue weighted by molar-refractivity contribution is -0.182. The van der Waals surface area contributed by atoms with Crippen LogP contribution >= 0.6 is 0 Å². The van der Waals surface area contributed by atoms with E-state index in [-0.39, 0.29) is 24.1 Å². The van der Waals surface area contributed by atoms with Crippen LogP contribution in [0.1, 0.15) is 122 Å². The summed E-state index contributed by atoms with van der Waals surface area (Å²) in [6, 6.07) is 0. The van der Waals surface area contributed by atoms with Gasteiger partial charge < -0.3 is 9.47 Å². The summed E-state index contributed by atoms with van der Waals surface area (Å²) in [6.45, 7) is 0. The van der Waals surface area contributed by atoms with E-state index in [9.17, 15) is 9.59 Å². The molecule has 0 radical (unpaired) electrons. The van der Waals surface area contributed by atoms with Crippen molar-refractivity contribution in [1.82, 2.24) is 0 Å². The average Bonchev–Trinajstić information content (AvgIpc) is 2.66. The third-order valence-electron chi connectivity index (χ3n) is 7.14. The summed E-state index contributed by atoms with van der Waals surface area (Å²) < 4.78 is 12.0. The second kappa shape index (κ2) is 11.2. The molecule has 0 saturated heterocycles. The van der Waals surface area contributed by atoms with E-state index in [0.29, 0.717) is 12.8 Å². The Morgan fingerprint density at radius 3 is 1.21 bits per heavy atom. The first-order chi connectivity index (χ1) is 13.7. The fourth-order valence-electron chi connectivity index (χ4n) is 5.25. The minimum Gasteiger partial charge on any atom is -0.462 e. The van der Waals surface area contributed by atoms with Crippen LogP contribution in [0.5, 0.6) is 0 Å². The fraction of sp³-hybridized carbons (Fsp3) is 0.917. The van der Waals surface area contributed by atoms with Crippen molar-refractivity contribution in [3.8, 4) is 0 Å². The maximum absolute atomic E-state index is 13.3. The Morgan fingerprint density at radius 2 is 0.821 bits per heavy atom. The fourth-order valence-corrected chi connectivity index (χ4v) is 5.25. The molecule has 0 amide bonds. The van der Waals surface area contributed by atoms with E-state index in [1.807, 2.05) is 0 Å². The summed E-state index contributed by atoms with van der Waals surface area (Å²) in [7, 11) is 0. The predicted octanol–water partition coefficient (Wildman–Crippen LogP) is 6.25. The average molecular weight is 393 g/mol. The minimum absolute atomic E-state index is 0.0132. The molecule has 0 atom stereocenters. The van der Waals surface area contributed by atoms with Gasteiger partial charge in [-0.3, -0.25) is 9.59 Å². The van der Waals surface area contributed by atoms with Crippen LogP contribution in [0.15, 0.2) is 0 Å². The molecule has 0 heterocycles. The minimum atomic E-state index is -1.04. The zero-order valence-electron chi connectivity index (χ0n) is 17.7. The molecule has 4 heteroatoms. The van der Waals surface area contributed by atoms with Crippen LogP contribution < -0.4 is 0 Å². The van der Waals surface area contributed by atoms with Gasteiger partial charge in [-0.05, 0) is 64.2 Å². The molecule has 28 heavy (non-hydrogen) atoms. The third-order valence-corrected chi connectivity index (χ3v) is 7.14. The van der Waals surface area contributed by atoms with Crippen molar-refractivity contribution in [2.75, 3.05) is 0 Å². The van der Waals surface area contributed by atoms with Crippen molar-refractivity contribution in [2.45, 2.75) is 134 Å². The Bertz CT molecular complexity index is 441. The Balaban J connectivity index is 1.64. The quantitative estimate of drug-likeness (QED) is 0.419. The van der Waals surface area contributed by atoms with Crippen LogP contribution in [-0.4, -0.2) is 24.1 Å². The van der Waals surface area contributed by atoms with Gasteiger partial charge in [0.2, 0.25) is 0 Å². The van der Waals surface area contributed by atoms with Gasteiger partial charge in [0.25, 0.3) is 0 Å². The van der Waals surface area contributed by atoms with Gasteiger partial charge in [-0.25, -0.2) is 0 Å². The van der Waals surface area contributed by atoms with Crippen LogP contribution in [0, 0.1) is 5.41 Å². The SMILES string of the molecule is O=C(OC1CCCCCCC1)C1(C(=O)OC2CCCCCCC2)CCCCC1. The van der Waals surface area contributed by atoms with Crippen molar-refractivity contribution < 1.29 is 19.1 Å². The highest BCUT2D eigenvalue weighted by molar-refractivity contribution is 6.00. The highest BCUT2D eigenvalue weighted by Crippen LogP contribution is 2.40. The summed E-state index contributed by atoms with van der Waals surface area (Å²) in [5, 5.41) is 0. The molecule has 3 aliphatic carbocycles. The van der Waals surface area contributed by atoms with E-state index in [0.717, 1.165) is 70.6 Å². The van der Waals surface area contributed by atoms with E-state index in [1.54, 1.807) is 0 Å². The lowest BCUT2D eigenvalue weighted by Gasteiger charge is -2.35.